The van der Waals surface area contributed by atoms with Crippen molar-refractivity contribution in [1.29, 1.82) is 0 Å². The smallest absolute Gasteiger partial charge is 0.311 e. The molecule has 0 aliphatic carbocycles. The van der Waals surface area contributed by atoms with Crippen molar-refractivity contribution < 1.29 is 14.3 Å². The molecule has 0 radical (unpaired) electrons. The first kappa shape index (κ1) is 14.4. The molecule has 0 saturated carbocycles. The largest absolute Gasteiger partial charge is 0.465 e. The molecule has 0 unspecified atom stereocenters. The molecule has 0 spiro atoms. The fraction of sp³-hybridized carbons (Fsp3) is 0.467. The number of carbonyl (C=O) groups excluding carboxylic acids is 2. The Labute approximate surface area is 108 Å². The van der Waals surface area contributed by atoms with E-state index >= 15 is 0 Å². The average Bonchev–Trinajstić information content (AvgIpc) is 2.34. The molecular weight excluding hydrogens is 228 g/mol. The molecule has 3 heteroatoms. The molecule has 1 aromatic rings. The van der Waals surface area contributed by atoms with Crippen LogP contribution in [0.15, 0.2) is 30.3 Å². The van der Waals surface area contributed by atoms with Crippen molar-refractivity contribution in [1.82, 2.24) is 0 Å². The van der Waals surface area contributed by atoms with E-state index in [4.69, 9.17) is 4.74 Å². The molecule has 1 atom stereocenters. The van der Waals surface area contributed by atoms with Crippen molar-refractivity contribution in [2.24, 2.45) is 11.3 Å². The van der Waals surface area contributed by atoms with Crippen molar-refractivity contribution in [2.75, 3.05) is 6.61 Å². The molecule has 0 fully saturated rings. The second-order valence-corrected chi connectivity index (χ2v) is 5.43. The zero-order valence-electron chi connectivity index (χ0n) is 11.2. The lowest BCUT2D eigenvalue weighted by molar-refractivity contribution is -0.154. The number of esters is 1. The van der Waals surface area contributed by atoms with E-state index < -0.39 is 5.41 Å². The zero-order chi connectivity index (χ0) is 13.6. The number of rotatable bonds is 5. The topological polar surface area (TPSA) is 43.4 Å². The number of ether oxygens (including phenoxy) is 1. The summed E-state index contributed by atoms with van der Waals surface area (Å²) in [5.74, 6) is -0.555. The molecule has 18 heavy (non-hydrogen) atoms. The molecule has 0 amide bonds. The molecule has 0 heterocycles. The van der Waals surface area contributed by atoms with Gasteiger partial charge < -0.3 is 9.53 Å². The normalized spacial score (nSPS) is 12.8. The Bertz CT molecular complexity index is 390. The molecule has 0 bridgehead atoms. The summed E-state index contributed by atoms with van der Waals surface area (Å²) in [6, 6.07) is 9.71. The maximum atomic E-state index is 11.6. The van der Waals surface area contributed by atoms with E-state index in [9.17, 15) is 9.59 Å². The first-order valence-electron chi connectivity index (χ1n) is 6.10. The summed E-state index contributed by atoms with van der Waals surface area (Å²) in [5.41, 5.74) is 0.543. The Balaban J connectivity index is 2.49. The average molecular weight is 248 g/mol. The standard InChI is InChI=1S/C15H20O3/c1-15(2,3)14(17)18-11-13(10-16)9-12-7-5-4-6-8-12/h4-8,10,13H,9,11H2,1-3H3/t13-/m1/s1. The summed E-state index contributed by atoms with van der Waals surface area (Å²) in [6.45, 7) is 5.53. The van der Waals surface area contributed by atoms with Gasteiger partial charge in [0.15, 0.2) is 0 Å². The van der Waals surface area contributed by atoms with E-state index in [-0.39, 0.29) is 18.5 Å². The summed E-state index contributed by atoms with van der Waals surface area (Å²) in [4.78, 5) is 22.6. The van der Waals surface area contributed by atoms with Crippen LogP contribution in [0.1, 0.15) is 26.3 Å². The second kappa shape index (κ2) is 6.34. The van der Waals surface area contributed by atoms with Crippen molar-refractivity contribution in [3.8, 4) is 0 Å². The Kier molecular flexibility index (Phi) is 5.08. The highest BCUT2D eigenvalue weighted by Crippen LogP contribution is 2.16. The van der Waals surface area contributed by atoms with Crippen molar-refractivity contribution >= 4 is 12.3 Å². The number of carbonyl (C=O) groups is 2. The molecular formula is C15H20O3. The highest BCUT2D eigenvalue weighted by atomic mass is 16.5. The van der Waals surface area contributed by atoms with E-state index in [0.717, 1.165) is 11.8 Å². The summed E-state index contributed by atoms with van der Waals surface area (Å²) in [5, 5.41) is 0. The predicted octanol–water partition coefficient (Wildman–Crippen LogP) is 2.63. The Hall–Kier alpha value is -1.64. The third-order valence-corrected chi connectivity index (χ3v) is 2.57. The van der Waals surface area contributed by atoms with Gasteiger partial charge in [-0.1, -0.05) is 30.3 Å². The third kappa shape index (κ3) is 4.70. The van der Waals surface area contributed by atoms with Gasteiger partial charge in [0.2, 0.25) is 0 Å². The molecule has 0 N–H and O–H groups in total. The van der Waals surface area contributed by atoms with E-state index in [0.29, 0.717) is 6.42 Å². The molecule has 1 rings (SSSR count). The number of hydrogen-bond acceptors (Lipinski definition) is 3. The van der Waals surface area contributed by atoms with Crippen molar-refractivity contribution in [3.05, 3.63) is 35.9 Å². The van der Waals surface area contributed by atoms with Crippen LogP contribution in [-0.4, -0.2) is 18.9 Å². The van der Waals surface area contributed by atoms with Crippen LogP contribution in [0.2, 0.25) is 0 Å². The van der Waals surface area contributed by atoms with Crippen LogP contribution in [-0.2, 0) is 20.7 Å². The van der Waals surface area contributed by atoms with Gasteiger partial charge in [-0.15, -0.1) is 0 Å². The predicted molar refractivity (Wildman–Crippen MR) is 70.1 cm³/mol. The first-order valence-corrected chi connectivity index (χ1v) is 6.10. The number of benzene rings is 1. The molecule has 0 aromatic heterocycles. The summed E-state index contributed by atoms with van der Waals surface area (Å²) in [6.07, 6.45) is 1.45. The Morgan fingerprint density at radius 2 is 1.89 bits per heavy atom. The van der Waals surface area contributed by atoms with Crippen molar-refractivity contribution in [2.45, 2.75) is 27.2 Å². The van der Waals surface area contributed by atoms with E-state index in [2.05, 4.69) is 0 Å². The quantitative estimate of drug-likeness (QED) is 0.594. The van der Waals surface area contributed by atoms with E-state index in [1.54, 1.807) is 20.8 Å². The van der Waals surface area contributed by atoms with Gasteiger partial charge in [-0.2, -0.15) is 0 Å². The fourth-order valence-corrected chi connectivity index (χ4v) is 1.46. The van der Waals surface area contributed by atoms with Crippen LogP contribution in [0.5, 0.6) is 0 Å². The van der Waals surface area contributed by atoms with Gasteiger partial charge in [0.25, 0.3) is 0 Å². The molecule has 98 valence electrons. The third-order valence-electron chi connectivity index (χ3n) is 2.57. The number of hydrogen-bond donors (Lipinski definition) is 0. The van der Waals surface area contributed by atoms with Crippen LogP contribution in [0, 0.1) is 11.3 Å². The Morgan fingerprint density at radius 1 is 1.28 bits per heavy atom. The van der Waals surface area contributed by atoms with Crippen LogP contribution in [0.4, 0.5) is 0 Å². The minimum atomic E-state index is -0.528. The van der Waals surface area contributed by atoms with Crippen LogP contribution < -0.4 is 0 Å². The second-order valence-electron chi connectivity index (χ2n) is 5.43. The lowest BCUT2D eigenvalue weighted by Gasteiger charge is -2.18. The maximum absolute atomic E-state index is 11.6. The van der Waals surface area contributed by atoms with Crippen molar-refractivity contribution in [3.63, 3.8) is 0 Å². The highest BCUT2D eigenvalue weighted by molar-refractivity contribution is 5.75. The van der Waals surface area contributed by atoms with Gasteiger partial charge in [-0.3, -0.25) is 4.79 Å². The molecule has 3 nitrogen and oxygen atoms in total. The number of aldehydes is 1. The first-order chi connectivity index (χ1) is 8.43. The lowest BCUT2D eigenvalue weighted by Crippen LogP contribution is -2.26. The molecule has 0 saturated heterocycles. The lowest BCUT2D eigenvalue weighted by atomic mass is 9.97. The molecule has 0 aliphatic rings. The minimum absolute atomic E-state index is 0.147. The van der Waals surface area contributed by atoms with Gasteiger partial charge in [-0.05, 0) is 32.8 Å². The van der Waals surface area contributed by atoms with Gasteiger partial charge in [-0.25, -0.2) is 0 Å². The van der Waals surface area contributed by atoms with Gasteiger partial charge in [0, 0.05) is 0 Å². The SMILES string of the molecule is CC(C)(C)C(=O)OC[C@@H](C=O)Cc1ccccc1. The molecule has 1 aromatic carbocycles. The van der Waals surface area contributed by atoms with E-state index in [1.165, 1.54) is 0 Å². The summed E-state index contributed by atoms with van der Waals surface area (Å²) < 4.78 is 5.16. The van der Waals surface area contributed by atoms with Crippen LogP contribution in [0.25, 0.3) is 0 Å². The fourth-order valence-electron chi connectivity index (χ4n) is 1.46. The maximum Gasteiger partial charge on any atom is 0.311 e. The van der Waals surface area contributed by atoms with Crippen LogP contribution in [0.3, 0.4) is 0 Å². The summed E-state index contributed by atoms with van der Waals surface area (Å²) in [7, 11) is 0. The minimum Gasteiger partial charge on any atom is -0.465 e. The highest BCUT2D eigenvalue weighted by Gasteiger charge is 2.24. The molecule has 0 aliphatic heterocycles. The summed E-state index contributed by atoms with van der Waals surface area (Å²) >= 11 is 0. The van der Waals surface area contributed by atoms with Crippen LogP contribution >= 0.6 is 0 Å². The van der Waals surface area contributed by atoms with Gasteiger partial charge in [0.1, 0.15) is 12.9 Å². The monoisotopic (exact) mass is 248 g/mol. The van der Waals surface area contributed by atoms with E-state index in [1.807, 2.05) is 30.3 Å². The van der Waals surface area contributed by atoms with Gasteiger partial charge >= 0.3 is 5.97 Å². The van der Waals surface area contributed by atoms with Gasteiger partial charge in [0.05, 0.1) is 11.3 Å². The zero-order valence-corrected chi connectivity index (χ0v) is 11.2. The Morgan fingerprint density at radius 3 is 2.39 bits per heavy atom.